The Labute approximate surface area is 107 Å². The molecule has 4 nitrogen and oxygen atoms in total. The Kier molecular flexibility index (Phi) is 3.23. The van der Waals surface area contributed by atoms with E-state index in [0.29, 0.717) is 6.54 Å². The molecule has 1 aromatic heterocycles. The van der Waals surface area contributed by atoms with Crippen LogP contribution in [0.5, 0.6) is 0 Å². The Hall–Kier alpha value is -1.29. The van der Waals surface area contributed by atoms with Crippen LogP contribution in [0.4, 0.5) is 0 Å². The minimum absolute atomic E-state index is 0.122. The fraction of sp³-hybridized carbons (Fsp3) is 0.643. The maximum atomic E-state index is 11.1. The van der Waals surface area contributed by atoms with Gasteiger partial charge in [0.2, 0.25) is 0 Å². The number of nitrogens with one attached hydrogen (secondary N) is 1. The number of aliphatic carboxylic acids is 1. The predicted molar refractivity (Wildman–Crippen MR) is 68.6 cm³/mol. The molecule has 2 rings (SSSR count). The zero-order valence-corrected chi connectivity index (χ0v) is 11.2. The smallest absolute Gasteiger partial charge is 0.310 e. The predicted octanol–water partition coefficient (Wildman–Crippen LogP) is 2.32. The van der Waals surface area contributed by atoms with E-state index in [4.69, 9.17) is 9.52 Å². The third-order valence-electron chi connectivity index (χ3n) is 3.74. The normalized spacial score (nSPS) is 17.7. The molecule has 1 saturated carbocycles. The average Bonchev–Trinajstić information content (AvgIpc) is 2.93. The first-order chi connectivity index (χ1) is 8.36. The van der Waals surface area contributed by atoms with Gasteiger partial charge < -0.3 is 14.8 Å². The Balaban J connectivity index is 1.88. The zero-order chi connectivity index (χ0) is 13.4. The second-order valence-corrected chi connectivity index (χ2v) is 5.98. The molecule has 0 spiro atoms. The standard InChI is InChI=1S/C14H21NO3/c1-10-4-5-11(18-10)13(2,3)8-15-9-14(6-7-14)12(16)17/h4-5,15H,6-9H2,1-3H3,(H,16,17). The molecular formula is C14H21NO3. The highest BCUT2D eigenvalue weighted by molar-refractivity contribution is 5.78. The number of furan rings is 1. The van der Waals surface area contributed by atoms with Crippen molar-refractivity contribution in [2.75, 3.05) is 13.1 Å². The van der Waals surface area contributed by atoms with E-state index in [9.17, 15) is 4.79 Å². The van der Waals surface area contributed by atoms with Crippen molar-refractivity contribution >= 4 is 5.97 Å². The summed E-state index contributed by atoms with van der Waals surface area (Å²) in [6.07, 6.45) is 1.57. The van der Waals surface area contributed by atoms with Crippen LogP contribution in [0.3, 0.4) is 0 Å². The Morgan fingerprint density at radius 1 is 1.50 bits per heavy atom. The molecule has 0 atom stereocenters. The minimum Gasteiger partial charge on any atom is -0.481 e. The van der Waals surface area contributed by atoms with E-state index < -0.39 is 11.4 Å². The van der Waals surface area contributed by atoms with Gasteiger partial charge in [-0.1, -0.05) is 13.8 Å². The van der Waals surface area contributed by atoms with E-state index in [-0.39, 0.29) is 5.41 Å². The number of aryl methyl sites for hydroxylation is 1. The molecule has 1 heterocycles. The highest BCUT2D eigenvalue weighted by Crippen LogP contribution is 2.45. The first-order valence-electron chi connectivity index (χ1n) is 6.37. The van der Waals surface area contributed by atoms with E-state index in [0.717, 1.165) is 30.9 Å². The molecule has 0 aromatic carbocycles. The molecule has 0 unspecified atom stereocenters. The third-order valence-corrected chi connectivity index (χ3v) is 3.74. The molecule has 1 aliphatic carbocycles. The second kappa shape index (κ2) is 4.43. The second-order valence-electron chi connectivity index (χ2n) is 5.98. The van der Waals surface area contributed by atoms with Crippen molar-refractivity contribution in [3.63, 3.8) is 0 Å². The summed E-state index contributed by atoms with van der Waals surface area (Å²) in [4.78, 5) is 11.1. The Morgan fingerprint density at radius 3 is 2.61 bits per heavy atom. The zero-order valence-electron chi connectivity index (χ0n) is 11.2. The molecule has 0 saturated heterocycles. The monoisotopic (exact) mass is 251 g/mol. The van der Waals surface area contributed by atoms with Crippen LogP contribution in [0.1, 0.15) is 38.2 Å². The summed E-state index contributed by atoms with van der Waals surface area (Å²) in [5.41, 5.74) is -0.627. The molecule has 100 valence electrons. The van der Waals surface area contributed by atoms with Gasteiger partial charge in [0, 0.05) is 18.5 Å². The fourth-order valence-electron chi connectivity index (χ4n) is 2.12. The molecule has 1 aliphatic rings. The van der Waals surface area contributed by atoms with Crippen molar-refractivity contribution in [1.29, 1.82) is 0 Å². The van der Waals surface area contributed by atoms with E-state index in [2.05, 4.69) is 19.2 Å². The molecule has 1 aromatic rings. The molecule has 0 radical (unpaired) electrons. The fourth-order valence-corrected chi connectivity index (χ4v) is 2.12. The highest BCUT2D eigenvalue weighted by atomic mass is 16.4. The number of hydrogen-bond donors (Lipinski definition) is 2. The molecular weight excluding hydrogens is 230 g/mol. The highest BCUT2D eigenvalue weighted by Gasteiger charge is 2.49. The molecule has 4 heteroatoms. The van der Waals surface area contributed by atoms with Gasteiger partial charge in [-0.3, -0.25) is 4.79 Å². The summed E-state index contributed by atoms with van der Waals surface area (Å²) >= 11 is 0. The maximum Gasteiger partial charge on any atom is 0.310 e. The third kappa shape index (κ3) is 2.58. The van der Waals surface area contributed by atoms with Crippen LogP contribution in [0, 0.1) is 12.3 Å². The van der Waals surface area contributed by atoms with Crippen LogP contribution in [0.2, 0.25) is 0 Å². The van der Waals surface area contributed by atoms with Gasteiger partial charge in [-0.2, -0.15) is 0 Å². The molecule has 2 N–H and O–H groups in total. The minimum atomic E-state index is -0.679. The lowest BCUT2D eigenvalue weighted by molar-refractivity contribution is -0.143. The molecule has 0 aliphatic heterocycles. The summed E-state index contributed by atoms with van der Waals surface area (Å²) in [6.45, 7) is 7.38. The summed E-state index contributed by atoms with van der Waals surface area (Å²) in [6, 6.07) is 3.94. The van der Waals surface area contributed by atoms with Crippen LogP contribution in [-0.4, -0.2) is 24.2 Å². The van der Waals surface area contributed by atoms with Crippen LogP contribution in [0.15, 0.2) is 16.5 Å². The van der Waals surface area contributed by atoms with Crippen LogP contribution >= 0.6 is 0 Å². The Bertz CT molecular complexity index is 444. The summed E-state index contributed by atoms with van der Waals surface area (Å²) < 4.78 is 5.64. The van der Waals surface area contributed by atoms with Crippen LogP contribution < -0.4 is 5.32 Å². The molecule has 0 amide bonds. The lowest BCUT2D eigenvalue weighted by Gasteiger charge is -2.23. The van der Waals surface area contributed by atoms with E-state index in [1.807, 2.05) is 19.1 Å². The topological polar surface area (TPSA) is 62.5 Å². The van der Waals surface area contributed by atoms with Gasteiger partial charge in [-0.25, -0.2) is 0 Å². The number of hydrogen-bond acceptors (Lipinski definition) is 3. The summed E-state index contributed by atoms with van der Waals surface area (Å²) in [5, 5.41) is 12.4. The van der Waals surface area contributed by atoms with Gasteiger partial charge in [0.05, 0.1) is 5.41 Å². The number of carboxylic acids is 1. The lowest BCUT2D eigenvalue weighted by atomic mass is 9.90. The number of carboxylic acid groups (broad SMARTS) is 1. The largest absolute Gasteiger partial charge is 0.481 e. The first kappa shape index (κ1) is 13.1. The quantitative estimate of drug-likeness (QED) is 0.814. The maximum absolute atomic E-state index is 11.1. The summed E-state index contributed by atoms with van der Waals surface area (Å²) in [7, 11) is 0. The van der Waals surface area contributed by atoms with Crippen molar-refractivity contribution < 1.29 is 14.3 Å². The SMILES string of the molecule is Cc1ccc(C(C)(C)CNCC2(C(=O)O)CC2)o1. The van der Waals surface area contributed by atoms with Crippen LogP contribution in [0.25, 0.3) is 0 Å². The molecule has 0 bridgehead atoms. The van der Waals surface area contributed by atoms with E-state index >= 15 is 0 Å². The van der Waals surface area contributed by atoms with Gasteiger partial charge in [0.25, 0.3) is 0 Å². The van der Waals surface area contributed by atoms with E-state index in [1.165, 1.54) is 0 Å². The van der Waals surface area contributed by atoms with E-state index in [1.54, 1.807) is 0 Å². The molecule has 1 fully saturated rings. The van der Waals surface area contributed by atoms with Crippen LogP contribution in [-0.2, 0) is 10.2 Å². The van der Waals surface area contributed by atoms with Gasteiger partial charge in [-0.05, 0) is 31.9 Å². The van der Waals surface area contributed by atoms with Gasteiger partial charge >= 0.3 is 5.97 Å². The van der Waals surface area contributed by atoms with Crippen molar-refractivity contribution in [3.05, 3.63) is 23.7 Å². The van der Waals surface area contributed by atoms with Crippen molar-refractivity contribution in [2.45, 2.75) is 39.0 Å². The van der Waals surface area contributed by atoms with Gasteiger partial charge in [0.15, 0.2) is 0 Å². The van der Waals surface area contributed by atoms with Crippen molar-refractivity contribution in [1.82, 2.24) is 5.32 Å². The Morgan fingerprint density at radius 2 is 2.17 bits per heavy atom. The van der Waals surface area contributed by atoms with Crippen molar-refractivity contribution in [3.8, 4) is 0 Å². The van der Waals surface area contributed by atoms with Gasteiger partial charge in [0.1, 0.15) is 11.5 Å². The average molecular weight is 251 g/mol. The first-order valence-corrected chi connectivity index (χ1v) is 6.37. The number of rotatable bonds is 6. The molecule has 18 heavy (non-hydrogen) atoms. The summed E-state index contributed by atoms with van der Waals surface area (Å²) in [5.74, 6) is 1.16. The number of carbonyl (C=O) groups is 1. The lowest BCUT2D eigenvalue weighted by Crippen LogP contribution is -2.38. The van der Waals surface area contributed by atoms with Gasteiger partial charge in [-0.15, -0.1) is 0 Å². The van der Waals surface area contributed by atoms with Crippen molar-refractivity contribution in [2.24, 2.45) is 5.41 Å².